The van der Waals surface area contributed by atoms with Crippen LogP contribution >= 0.6 is 0 Å². The van der Waals surface area contributed by atoms with Crippen LogP contribution in [0.4, 0.5) is 13.2 Å². The largest absolute Gasteiger partial charge is 0.497 e. The van der Waals surface area contributed by atoms with Crippen LogP contribution in [0.5, 0.6) is 5.75 Å². The second-order valence-corrected chi connectivity index (χ2v) is 8.18. The van der Waals surface area contributed by atoms with Crippen molar-refractivity contribution in [2.24, 2.45) is 0 Å². The molecule has 0 N–H and O–H groups in total. The van der Waals surface area contributed by atoms with E-state index in [4.69, 9.17) is 9.26 Å². The highest BCUT2D eigenvalue weighted by Crippen LogP contribution is 2.35. The minimum atomic E-state index is -4.79. The molecule has 29 heavy (non-hydrogen) atoms. The smallest absolute Gasteiger partial charge is 0.417 e. The van der Waals surface area contributed by atoms with Crippen molar-refractivity contribution in [2.45, 2.75) is 17.6 Å². The van der Waals surface area contributed by atoms with Crippen LogP contribution in [0.15, 0.2) is 64.0 Å². The Kier molecular flexibility index (Phi) is 5.67. The lowest BCUT2D eigenvalue weighted by Gasteiger charge is -2.19. The monoisotopic (exact) mass is 426 g/mol. The minimum absolute atomic E-state index is 0.186. The van der Waals surface area contributed by atoms with E-state index in [1.165, 1.54) is 26.3 Å². The summed E-state index contributed by atoms with van der Waals surface area (Å²) in [5.41, 5.74) is -0.0405. The normalized spacial score (nSPS) is 12.3. The first-order valence-corrected chi connectivity index (χ1v) is 9.79. The van der Waals surface area contributed by atoms with Crippen molar-refractivity contribution < 1.29 is 30.8 Å². The molecule has 154 valence electrons. The van der Waals surface area contributed by atoms with E-state index in [0.29, 0.717) is 17.0 Å². The summed E-state index contributed by atoms with van der Waals surface area (Å²) in [4.78, 5) is -0.815. The van der Waals surface area contributed by atoms with Crippen molar-refractivity contribution in [1.82, 2.24) is 9.46 Å². The molecule has 0 amide bonds. The number of ether oxygens (including phenoxy) is 1. The second kappa shape index (κ2) is 7.88. The lowest BCUT2D eigenvalue weighted by Crippen LogP contribution is -2.28. The predicted molar refractivity (Wildman–Crippen MR) is 98.6 cm³/mol. The van der Waals surface area contributed by atoms with Crippen LogP contribution in [0.1, 0.15) is 11.3 Å². The van der Waals surface area contributed by atoms with E-state index >= 15 is 0 Å². The summed E-state index contributed by atoms with van der Waals surface area (Å²) < 4.78 is 76.0. The highest BCUT2D eigenvalue weighted by atomic mass is 32.2. The number of nitrogens with zero attached hydrogens (tertiary/aromatic N) is 2. The molecule has 0 saturated carbocycles. The minimum Gasteiger partial charge on any atom is -0.497 e. The fraction of sp³-hybridized carbons (Fsp3) is 0.211. The number of methoxy groups -OCH3 is 1. The Balaban J connectivity index is 1.83. The lowest BCUT2D eigenvalue weighted by atomic mass is 10.1. The quantitative estimate of drug-likeness (QED) is 0.591. The van der Waals surface area contributed by atoms with Crippen LogP contribution in [0.25, 0.3) is 11.3 Å². The van der Waals surface area contributed by atoms with Gasteiger partial charge in [0.05, 0.1) is 24.1 Å². The summed E-state index contributed by atoms with van der Waals surface area (Å²) in [5, 5.41) is 3.89. The molecule has 0 aliphatic heterocycles. The Labute approximate surface area is 165 Å². The van der Waals surface area contributed by atoms with Gasteiger partial charge in [0.25, 0.3) is 0 Å². The van der Waals surface area contributed by atoms with Gasteiger partial charge in [0.2, 0.25) is 10.0 Å². The van der Waals surface area contributed by atoms with E-state index in [-0.39, 0.29) is 12.3 Å². The molecule has 0 fully saturated rings. The maximum absolute atomic E-state index is 13.2. The molecular formula is C19H17F3N2O4S. The van der Waals surface area contributed by atoms with Crippen molar-refractivity contribution in [3.8, 4) is 17.0 Å². The first-order chi connectivity index (χ1) is 13.6. The van der Waals surface area contributed by atoms with E-state index in [0.717, 1.165) is 22.5 Å². The highest BCUT2D eigenvalue weighted by molar-refractivity contribution is 7.89. The molecule has 3 rings (SSSR count). The van der Waals surface area contributed by atoms with Gasteiger partial charge >= 0.3 is 6.18 Å². The summed E-state index contributed by atoms with van der Waals surface area (Å²) >= 11 is 0. The van der Waals surface area contributed by atoms with Gasteiger partial charge in [0.1, 0.15) is 11.4 Å². The van der Waals surface area contributed by atoms with Crippen molar-refractivity contribution in [1.29, 1.82) is 0 Å². The van der Waals surface area contributed by atoms with E-state index in [2.05, 4.69) is 5.16 Å². The first-order valence-electron chi connectivity index (χ1n) is 8.35. The van der Waals surface area contributed by atoms with Gasteiger partial charge in [-0.05, 0) is 36.4 Å². The third-order valence-electron chi connectivity index (χ3n) is 4.20. The average molecular weight is 426 g/mol. The van der Waals surface area contributed by atoms with Gasteiger partial charge in [-0.15, -0.1) is 0 Å². The number of sulfonamides is 1. The third-order valence-corrected chi connectivity index (χ3v) is 6.07. The third kappa shape index (κ3) is 4.43. The van der Waals surface area contributed by atoms with Crippen molar-refractivity contribution >= 4 is 10.0 Å². The standard InChI is InChI=1S/C19H17F3N2O4S/c1-24(29(25,26)18-6-4-3-5-16(18)19(20,21)22)12-15-11-17(23-28-15)13-7-9-14(27-2)10-8-13/h3-11H,12H2,1-2H3. The van der Waals surface area contributed by atoms with E-state index < -0.39 is 26.7 Å². The fourth-order valence-electron chi connectivity index (χ4n) is 2.68. The van der Waals surface area contributed by atoms with Gasteiger partial charge in [0.15, 0.2) is 5.76 Å². The molecule has 1 aromatic heterocycles. The predicted octanol–water partition coefficient (Wildman–Crippen LogP) is 4.19. The molecule has 0 radical (unpaired) electrons. The summed E-state index contributed by atoms with van der Waals surface area (Å²) in [5.74, 6) is 0.845. The van der Waals surface area contributed by atoms with Crippen molar-refractivity contribution in [2.75, 3.05) is 14.2 Å². The zero-order valence-corrected chi connectivity index (χ0v) is 16.3. The Morgan fingerprint density at radius 3 is 2.38 bits per heavy atom. The number of hydrogen-bond acceptors (Lipinski definition) is 5. The number of rotatable bonds is 6. The Hall–Kier alpha value is -2.85. The van der Waals surface area contributed by atoms with Crippen LogP contribution in [0.2, 0.25) is 0 Å². The summed E-state index contributed by atoms with van der Waals surface area (Å²) in [6.07, 6.45) is -4.79. The summed E-state index contributed by atoms with van der Waals surface area (Å²) in [6, 6.07) is 12.5. The van der Waals surface area contributed by atoms with Crippen molar-refractivity contribution in [3.05, 3.63) is 65.9 Å². The molecule has 0 bridgehead atoms. The topological polar surface area (TPSA) is 72.6 Å². The van der Waals surface area contributed by atoms with E-state index in [1.54, 1.807) is 24.3 Å². The molecule has 0 unspecified atom stereocenters. The van der Waals surface area contributed by atoms with Gasteiger partial charge < -0.3 is 9.26 Å². The molecule has 1 heterocycles. The zero-order chi connectivity index (χ0) is 21.2. The molecular weight excluding hydrogens is 409 g/mol. The SMILES string of the molecule is COc1ccc(-c2cc(CN(C)S(=O)(=O)c3ccccc3C(F)(F)F)on2)cc1. The van der Waals surface area contributed by atoms with Crippen LogP contribution in [0.3, 0.4) is 0 Å². The average Bonchev–Trinajstić information content (AvgIpc) is 3.16. The first kappa shape index (κ1) is 20.9. The molecule has 6 nitrogen and oxygen atoms in total. The maximum Gasteiger partial charge on any atom is 0.417 e. The number of benzene rings is 2. The second-order valence-electron chi connectivity index (χ2n) is 6.16. The Bertz CT molecular complexity index is 1090. The van der Waals surface area contributed by atoms with Crippen LogP contribution in [-0.2, 0) is 22.7 Å². The molecule has 0 spiro atoms. The maximum atomic E-state index is 13.2. The molecule has 0 aliphatic carbocycles. The molecule has 10 heteroatoms. The van der Waals surface area contributed by atoms with Gasteiger partial charge in [-0.25, -0.2) is 8.42 Å². The van der Waals surface area contributed by atoms with Crippen molar-refractivity contribution in [3.63, 3.8) is 0 Å². The van der Waals surface area contributed by atoms with Crippen LogP contribution in [-0.4, -0.2) is 32.0 Å². The summed E-state index contributed by atoms with van der Waals surface area (Å²) in [6.45, 7) is -0.280. The molecule has 0 aliphatic rings. The molecule has 0 saturated heterocycles. The van der Waals surface area contributed by atoms with Gasteiger partial charge in [-0.2, -0.15) is 17.5 Å². The van der Waals surface area contributed by atoms with Crippen LogP contribution in [0, 0.1) is 0 Å². The van der Waals surface area contributed by atoms with Gasteiger partial charge in [-0.3, -0.25) is 0 Å². The highest BCUT2D eigenvalue weighted by Gasteiger charge is 2.38. The lowest BCUT2D eigenvalue weighted by molar-refractivity contribution is -0.139. The van der Waals surface area contributed by atoms with Gasteiger partial charge in [0, 0.05) is 18.7 Å². The number of halogens is 3. The van der Waals surface area contributed by atoms with E-state index in [9.17, 15) is 21.6 Å². The number of hydrogen-bond donors (Lipinski definition) is 0. The zero-order valence-electron chi connectivity index (χ0n) is 15.5. The van der Waals surface area contributed by atoms with Crippen LogP contribution < -0.4 is 4.74 Å². The Morgan fingerprint density at radius 1 is 1.10 bits per heavy atom. The Morgan fingerprint density at radius 2 is 1.76 bits per heavy atom. The fourth-order valence-corrected chi connectivity index (χ4v) is 4.03. The van der Waals surface area contributed by atoms with Gasteiger partial charge in [-0.1, -0.05) is 17.3 Å². The molecule has 3 aromatic rings. The van der Waals surface area contributed by atoms with E-state index in [1.807, 2.05) is 0 Å². The molecule has 0 atom stereocenters. The molecule has 2 aromatic carbocycles. The summed E-state index contributed by atoms with van der Waals surface area (Å²) in [7, 11) is -1.69. The number of aromatic nitrogens is 1. The number of alkyl halides is 3.